The number of carboxylic acids is 1. The Balaban J connectivity index is 1.95. The number of benzene rings is 1. The van der Waals surface area contributed by atoms with Gasteiger partial charge in [-0.2, -0.15) is 0 Å². The maximum absolute atomic E-state index is 10.7. The highest BCUT2D eigenvalue weighted by atomic mass is 16.4. The van der Waals surface area contributed by atoms with Crippen LogP contribution in [0.2, 0.25) is 0 Å². The molecular weight excluding hydrogens is 266 g/mol. The zero-order chi connectivity index (χ0) is 15.3. The largest absolute Gasteiger partial charge is 0.476 e. The normalized spacial score (nSPS) is 11.1. The molecule has 0 saturated carbocycles. The minimum Gasteiger partial charge on any atom is -0.476 e. The van der Waals surface area contributed by atoms with Gasteiger partial charge in [0.15, 0.2) is 5.69 Å². The van der Waals surface area contributed by atoms with Crippen molar-refractivity contribution in [2.24, 2.45) is 0 Å². The van der Waals surface area contributed by atoms with Gasteiger partial charge < -0.3 is 10.4 Å². The number of carbonyl (C=O) groups is 1. The summed E-state index contributed by atoms with van der Waals surface area (Å²) in [4.78, 5) is 18.7. The molecule has 1 aromatic carbocycles. The predicted octanol–water partition coefficient (Wildman–Crippen LogP) is 3.00. The van der Waals surface area contributed by atoms with Gasteiger partial charge in [0.1, 0.15) is 5.82 Å². The molecule has 2 N–H and O–H groups in total. The van der Waals surface area contributed by atoms with Gasteiger partial charge in [0.25, 0.3) is 0 Å². The summed E-state index contributed by atoms with van der Waals surface area (Å²) in [5.41, 5.74) is 1.08. The van der Waals surface area contributed by atoms with E-state index in [-0.39, 0.29) is 11.2 Å². The number of aryl methyl sites for hydroxylation is 1. The Morgan fingerprint density at radius 1 is 1.19 bits per heavy atom. The summed E-state index contributed by atoms with van der Waals surface area (Å²) >= 11 is 0. The number of anilines is 1. The molecule has 0 amide bonds. The molecule has 110 valence electrons. The van der Waals surface area contributed by atoms with Gasteiger partial charge in [-0.05, 0) is 32.3 Å². The fourth-order valence-corrected chi connectivity index (χ4v) is 2.01. The minimum absolute atomic E-state index is 0.0531. The lowest BCUT2D eigenvalue weighted by atomic mass is 9.95. The van der Waals surface area contributed by atoms with Gasteiger partial charge in [0.2, 0.25) is 0 Å². The standard InChI is InChI=1S/C16H19N3O2/c1-16(2,9-8-12-6-4-3-5-7-12)19-14-11-17-13(10-18-14)15(20)21/h3-7,10-11H,8-9H2,1-2H3,(H,18,19)(H,20,21). The molecule has 0 bridgehead atoms. The number of rotatable bonds is 6. The lowest BCUT2D eigenvalue weighted by Crippen LogP contribution is -2.32. The SMILES string of the molecule is CC(C)(CCc1ccccc1)Nc1cnc(C(=O)O)cn1. The second kappa shape index (κ2) is 6.35. The number of carboxylic acid groups (broad SMARTS) is 1. The van der Waals surface area contributed by atoms with Crippen molar-refractivity contribution < 1.29 is 9.90 Å². The Kier molecular flexibility index (Phi) is 4.52. The van der Waals surface area contributed by atoms with E-state index in [1.54, 1.807) is 0 Å². The Bertz CT molecular complexity index is 595. The molecule has 2 aromatic rings. The minimum atomic E-state index is -1.07. The average Bonchev–Trinajstić information content (AvgIpc) is 2.46. The highest BCUT2D eigenvalue weighted by Crippen LogP contribution is 2.18. The molecule has 5 nitrogen and oxygen atoms in total. The number of aromatic nitrogens is 2. The third kappa shape index (κ3) is 4.56. The smallest absolute Gasteiger partial charge is 0.356 e. The van der Waals surface area contributed by atoms with Crippen LogP contribution in [0.15, 0.2) is 42.7 Å². The first-order valence-corrected chi connectivity index (χ1v) is 6.84. The second-order valence-corrected chi connectivity index (χ2v) is 5.59. The van der Waals surface area contributed by atoms with E-state index in [1.807, 2.05) is 18.2 Å². The Morgan fingerprint density at radius 2 is 1.90 bits per heavy atom. The molecule has 5 heteroatoms. The van der Waals surface area contributed by atoms with Crippen molar-refractivity contribution in [2.75, 3.05) is 5.32 Å². The summed E-state index contributed by atoms with van der Waals surface area (Å²) in [7, 11) is 0. The fraction of sp³-hybridized carbons (Fsp3) is 0.312. The van der Waals surface area contributed by atoms with Crippen molar-refractivity contribution >= 4 is 11.8 Å². The first-order chi connectivity index (χ1) is 9.96. The quantitative estimate of drug-likeness (QED) is 0.853. The van der Waals surface area contributed by atoms with E-state index >= 15 is 0 Å². The Labute approximate surface area is 124 Å². The van der Waals surface area contributed by atoms with Crippen LogP contribution >= 0.6 is 0 Å². The summed E-state index contributed by atoms with van der Waals surface area (Å²) in [5.74, 6) is -0.490. The molecule has 0 aliphatic carbocycles. The molecule has 1 heterocycles. The molecule has 0 fully saturated rings. The van der Waals surface area contributed by atoms with Crippen molar-refractivity contribution in [2.45, 2.75) is 32.2 Å². The summed E-state index contributed by atoms with van der Waals surface area (Å²) in [6.07, 6.45) is 4.60. The van der Waals surface area contributed by atoms with E-state index in [0.717, 1.165) is 12.8 Å². The van der Waals surface area contributed by atoms with E-state index in [1.165, 1.54) is 18.0 Å². The second-order valence-electron chi connectivity index (χ2n) is 5.59. The maximum atomic E-state index is 10.7. The van der Waals surface area contributed by atoms with Crippen LogP contribution < -0.4 is 5.32 Å². The average molecular weight is 285 g/mol. The molecule has 0 unspecified atom stereocenters. The number of hydrogen-bond donors (Lipinski definition) is 2. The highest BCUT2D eigenvalue weighted by molar-refractivity contribution is 5.84. The van der Waals surface area contributed by atoms with Gasteiger partial charge in [-0.15, -0.1) is 0 Å². The number of hydrogen-bond acceptors (Lipinski definition) is 4. The van der Waals surface area contributed by atoms with Gasteiger partial charge in [0, 0.05) is 5.54 Å². The lowest BCUT2D eigenvalue weighted by molar-refractivity contribution is 0.0690. The van der Waals surface area contributed by atoms with E-state index in [2.05, 4.69) is 41.3 Å². The van der Waals surface area contributed by atoms with Crippen molar-refractivity contribution in [1.29, 1.82) is 0 Å². The molecule has 0 spiro atoms. The van der Waals surface area contributed by atoms with Gasteiger partial charge in [0.05, 0.1) is 12.4 Å². The third-order valence-corrected chi connectivity index (χ3v) is 3.22. The third-order valence-electron chi connectivity index (χ3n) is 3.22. The van der Waals surface area contributed by atoms with Gasteiger partial charge in [-0.25, -0.2) is 14.8 Å². The predicted molar refractivity (Wildman–Crippen MR) is 81.5 cm³/mol. The molecule has 0 aliphatic rings. The summed E-state index contributed by atoms with van der Waals surface area (Å²) < 4.78 is 0. The van der Waals surface area contributed by atoms with Crippen LogP contribution in [0, 0.1) is 0 Å². The monoisotopic (exact) mass is 285 g/mol. The molecule has 21 heavy (non-hydrogen) atoms. The zero-order valence-electron chi connectivity index (χ0n) is 12.2. The number of aromatic carboxylic acids is 1. The first-order valence-electron chi connectivity index (χ1n) is 6.84. The van der Waals surface area contributed by atoms with Crippen molar-refractivity contribution in [3.05, 3.63) is 54.0 Å². The highest BCUT2D eigenvalue weighted by Gasteiger charge is 2.18. The van der Waals surface area contributed by atoms with E-state index in [9.17, 15) is 4.79 Å². The van der Waals surface area contributed by atoms with Gasteiger partial charge in [-0.3, -0.25) is 0 Å². The summed E-state index contributed by atoms with van der Waals surface area (Å²) in [5, 5.41) is 12.1. The van der Waals surface area contributed by atoms with Crippen molar-refractivity contribution in [3.8, 4) is 0 Å². The molecule has 2 rings (SSSR count). The summed E-state index contributed by atoms with van der Waals surface area (Å²) in [6.45, 7) is 4.17. The van der Waals surface area contributed by atoms with E-state index < -0.39 is 5.97 Å². The van der Waals surface area contributed by atoms with Crippen LogP contribution in [0.25, 0.3) is 0 Å². The van der Waals surface area contributed by atoms with Crippen LogP contribution in [0.3, 0.4) is 0 Å². The molecule has 0 saturated heterocycles. The van der Waals surface area contributed by atoms with Gasteiger partial charge in [-0.1, -0.05) is 30.3 Å². The number of nitrogens with one attached hydrogen (secondary N) is 1. The van der Waals surface area contributed by atoms with Crippen molar-refractivity contribution in [1.82, 2.24) is 9.97 Å². The van der Waals surface area contributed by atoms with Crippen LogP contribution in [0.1, 0.15) is 36.3 Å². The molecule has 1 aromatic heterocycles. The van der Waals surface area contributed by atoms with E-state index in [4.69, 9.17) is 5.11 Å². The molecule has 0 atom stereocenters. The Morgan fingerprint density at radius 3 is 2.48 bits per heavy atom. The van der Waals surface area contributed by atoms with Crippen LogP contribution in [0.5, 0.6) is 0 Å². The molecule has 0 radical (unpaired) electrons. The van der Waals surface area contributed by atoms with Crippen LogP contribution in [0.4, 0.5) is 5.82 Å². The lowest BCUT2D eigenvalue weighted by Gasteiger charge is -2.26. The van der Waals surface area contributed by atoms with Crippen LogP contribution in [-0.2, 0) is 6.42 Å². The fourth-order valence-electron chi connectivity index (χ4n) is 2.01. The maximum Gasteiger partial charge on any atom is 0.356 e. The molecule has 0 aliphatic heterocycles. The first kappa shape index (κ1) is 15.0. The molecular formula is C16H19N3O2. The van der Waals surface area contributed by atoms with Crippen LogP contribution in [-0.4, -0.2) is 26.6 Å². The van der Waals surface area contributed by atoms with E-state index in [0.29, 0.717) is 5.82 Å². The summed E-state index contributed by atoms with van der Waals surface area (Å²) in [6, 6.07) is 10.3. The topological polar surface area (TPSA) is 75.1 Å². The Hall–Kier alpha value is -2.43. The van der Waals surface area contributed by atoms with Gasteiger partial charge >= 0.3 is 5.97 Å². The number of nitrogens with zero attached hydrogens (tertiary/aromatic N) is 2. The van der Waals surface area contributed by atoms with Crippen molar-refractivity contribution in [3.63, 3.8) is 0 Å². The zero-order valence-corrected chi connectivity index (χ0v) is 12.2.